The molecule has 1 amide bonds. The summed E-state index contributed by atoms with van der Waals surface area (Å²) in [7, 11) is -3.00. The molecule has 1 aromatic carbocycles. The summed E-state index contributed by atoms with van der Waals surface area (Å²) in [5.41, 5.74) is 1.63. The highest BCUT2D eigenvalue weighted by atomic mass is 32.2. The number of nitriles is 1. The third-order valence-electron chi connectivity index (χ3n) is 4.14. The van der Waals surface area contributed by atoms with Crippen LogP contribution in [0.5, 0.6) is 0 Å². The van der Waals surface area contributed by atoms with Crippen molar-refractivity contribution in [2.24, 2.45) is 0 Å². The number of nitrogens with zero attached hydrogens (tertiary/aromatic N) is 2. The van der Waals surface area contributed by atoms with Gasteiger partial charge in [0, 0.05) is 18.6 Å². The molecule has 0 radical (unpaired) electrons. The highest BCUT2D eigenvalue weighted by Gasteiger charge is 2.29. The molecule has 0 aromatic heterocycles. The summed E-state index contributed by atoms with van der Waals surface area (Å²) in [6.07, 6.45) is 0.491. The number of amides is 1. The number of carbonyl (C=O) groups is 1. The summed E-state index contributed by atoms with van der Waals surface area (Å²) >= 11 is 0. The first-order valence-corrected chi connectivity index (χ1v) is 9.84. The minimum Gasteiger partial charge on any atom is -0.351 e. The van der Waals surface area contributed by atoms with Gasteiger partial charge >= 0.3 is 0 Å². The predicted octanol–water partition coefficient (Wildman–Crippen LogP) is 1.07. The number of nitrogens with one attached hydrogen (secondary N) is 1. The van der Waals surface area contributed by atoms with Crippen molar-refractivity contribution in [1.82, 2.24) is 10.2 Å². The lowest BCUT2D eigenvalue weighted by Gasteiger charge is -2.26. The van der Waals surface area contributed by atoms with Crippen LogP contribution in [0.1, 0.15) is 31.4 Å². The zero-order chi connectivity index (χ0) is 17.7. The Bertz CT molecular complexity index is 720. The van der Waals surface area contributed by atoms with Gasteiger partial charge in [0.25, 0.3) is 0 Å². The molecule has 130 valence electrons. The van der Waals surface area contributed by atoms with E-state index in [0.717, 1.165) is 5.56 Å². The molecule has 1 atom stereocenters. The maximum atomic E-state index is 12.2. The quantitative estimate of drug-likeness (QED) is 0.830. The molecule has 2 rings (SSSR count). The van der Waals surface area contributed by atoms with Gasteiger partial charge in [0.15, 0.2) is 9.84 Å². The van der Waals surface area contributed by atoms with E-state index in [-0.39, 0.29) is 36.0 Å². The van der Waals surface area contributed by atoms with E-state index in [1.54, 1.807) is 12.1 Å². The van der Waals surface area contributed by atoms with Gasteiger partial charge in [0.2, 0.25) is 5.91 Å². The van der Waals surface area contributed by atoms with Crippen LogP contribution in [0.25, 0.3) is 0 Å². The lowest BCUT2D eigenvalue weighted by Crippen LogP contribution is -2.44. The molecule has 0 unspecified atom stereocenters. The maximum Gasteiger partial charge on any atom is 0.234 e. The fourth-order valence-corrected chi connectivity index (χ4v) is 4.38. The molecule has 7 heteroatoms. The molecular formula is C17H23N3O3S. The third kappa shape index (κ3) is 5.32. The van der Waals surface area contributed by atoms with Crippen LogP contribution in [0.3, 0.4) is 0 Å². The maximum absolute atomic E-state index is 12.2. The van der Waals surface area contributed by atoms with Crippen molar-refractivity contribution < 1.29 is 13.2 Å². The van der Waals surface area contributed by atoms with Gasteiger partial charge in [-0.15, -0.1) is 0 Å². The van der Waals surface area contributed by atoms with Crippen molar-refractivity contribution in [3.63, 3.8) is 0 Å². The minimum absolute atomic E-state index is 0.0377. The van der Waals surface area contributed by atoms with E-state index in [0.29, 0.717) is 18.5 Å². The second-order valence-corrected chi connectivity index (χ2v) is 8.70. The molecule has 1 aromatic rings. The van der Waals surface area contributed by atoms with Crippen LogP contribution in [-0.2, 0) is 21.2 Å². The van der Waals surface area contributed by atoms with Gasteiger partial charge in [-0.3, -0.25) is 9.69 Å². The summed E-state index contributed by atoms with van der Waals surface area (Å²) in [5.74, 6) is 0.0343. The number of benzene rings is 1. The van der Waals surface area contributed by atoms with Crippen LogP contribution in [0.4, 0.5) is 0 Å². The fourth-order valence-electron chi connectivity index (χ4n) is 2.71. The molecule has 1 N–H and O–H groups in total. The molecule has 0 saturated carbocycles. The highest BCUT2D eigenvalue weighted by molar-refractivity contribution is 7.91. The van der Waals surface area contributed by atoms with Crippen molar-refractivity contribution in [2.75, 3.05) is 18.1 Å². The molecule has 1 aliphatic heterocycles. The first kappa shape index (κ1) is 18.4. The van der Waals surface area contributed by atoms with Gasteiger partial charge in [-0.1, -0.05) is 12.1 Å². The molecule has 1 saturated heterocycles. The largest absolute Gasteiger partial charge is 0.351 e. The smallest absolute Gasteiger partial charge is 0.234 e. The van der Waals surface area contributed by atoms with Crippen molar-refractivity contribution in [1.29, 1.82) is 5.26 Å². The Morgan fingerprint density at radius 2 is 2.04 bits per heavy atom. The second kappa shape index (κ2) is 7.77. The molecule has 1 fully saturated rings. The third-order valence-corrected chi connectivity index (χ3v) is 5.91. The first-order chi connectivity index (χ1) is 11.3. The van der Waals surface area contributed by atoms with Crippen LogP contribution >= 0.6 is 0 Å². The number of hydrogen-bond acceptors (Lipinski definition) is 5. The number of hydrogen-bond donors (Lipinski definition) is 1. The zero-order valence-electron chi connectivity index (χ0n) is 14.0. The van der Waals surface area contributed by atoms with E-state index in [2.05, 4.69) is 11.4 Å². The lowest BCUT2D eigenvalue weighted by molar-refractivity contribution is -0.123. The van der Waals surface area contributed by atoms with Gasteiger partial charge in [-0.05, 0) is 38.0 Å². The standard InChI is InChI=1S/C17H23N3O3S/c1-13(2)20(10-15-5-3-14(9-18)4-6-15)11-17(21)19-16-7-8-24(22,23)12-16/h3-6,13,16H,7-8,10-12H2,1-2H3,(H,19,21)/t16-/m0/s1. The SMILES string of the molecule is CC(C)N(CC(=O)N[C@H]1CCS(=O)(=O)C1)Cc1ccc(C#N)cc1. The Morgan fingerprint density at radius 1 is 1.38 bits per heavy atom. The number of rotatable bonds is 6. The highest BCUT2D eigenvalue weighted by Crippen LogP contribution is 2.12. The van der Waals surface area contributed by atoms with Gasteiger partial charge in [0.1, 0.15) is 0 Å². The summed E-state index contributed by atoms with van der Waals surface area (Å²) < 4.78 is 22.9. The van der Waals surface area contributed by atoms with Crippen molar-refractivity contribution in [2.45, 2.75) is 38.9 Å². The van der Waals surface area contributed by atoms with Crippen molar-refractivity contribution in [3.05, 3.63) is 35.4 Å². The topological polar surface area (TPSA) is 90.3 Å². The van der Waals surface area contributed by atoms with Gasteiger partial charge < -0.3 is 5.32 Å². The predicted molar refractivity (Wildman–Crippen MR) is 91.9 cm³/mol. The van der Waals surface area contributed by atoms with E-state index < -0.39 is 9.84 Å². The zero-order valence-corrected chi connectivity index (χ0v) is 14.8. The van der Waals surface area contributed by atoms with Gasteiger partial charge in [-0.25, -0.2) is 8.42 Å². The van der Waals surface area contributed by atoms with Crippen LogP contribution in [0, 0.1) is 11.3 Å². The van der Waals surface area contributed by atoms with E-state index in [1.165, 1.54) is 0 Å². The monoisotopic (exact) mass is 349 g/mol. The molecule has 1 aliphatic rings. The average Bonchev–Trinajstić information content (AvgIpc) is 2.85. The Morgan fingerprint density at radius 3 is 2.54 bits per heavy atom. The van der Waals surface area contributed by atoms with Crippen LogP contribution in [-0.4, -0.2) is 49.4 Å². The summed E-state index contributed by atoms with van der Waals surface area (Å²) in [5, 5.41) is 11.7. The van der Waals surface area contributed by atoms with E-state index in [1.807, 2.05) is 30.9 Å². The number of carbonyl (C=O) groups excluding carboxylic acids is 1. The van der Waals surface area contributed by atoms with E-state index >= 15 is 0 Å². The lowest BCUT2D eigenvalue weighted by atomic mass is 10.1. The summed E-state index contributed by atoms with van der Waals surface area (Å²) in [6.45, 7) is 4.84. The van der Waals surface area contributed by atoms with Crippen molar-refractivity contribution >= 4 is 15.7 Å². The second-order valence-electron chi connectivity index (χ2n) is 6.47. The molecule has 1 heterocycles. The Kier molecular flexibility index (Phi) is 5.97. The Hall–Kier alpha value is -1.91. The van der Waals surface area contributed by atoms with Gasteiger partial charge in [0.05, 0.1) is 29.7 Å². The Labute approximate surface area is 143 Å². The van der Waals surface area contributed by atoms with E-state index in [9.17, 15) is 13.2 Å². The number of sulfone groups is 1. The van der Waals surface area contributed by atoms with E-state index in [4.69, 9.17) is 5.26 Å². The van der Waals surface area contributed by atoms with Crippen molar-refractivity contribution in [3.8, 4) is 6.07 Å². The van der Waals surface area contributed by atoms with Crippen LogP contribution in [0.2, 0.25) is 0 Å². The van der Waals surface area contributed by atoms with Crippen LogP contribution in [0.15, 0.2) is 24.3 Å². The van der Waals surface area contributed by atoms with Gasteiger partial charge in [-0.2, -0.15) is 5.26 Å². The molecule has 6 nitrogen and oxygen atoms in total. The minimum atomic E-state index is -3.00. The molecule has 24 heavy (non-hydrogen) atoms. The fraction of sp³-hybridized carbons (Fsp3) is 0.529. The molecule has 0 aliphatic carbocycles. The average molecular weight is 349 g/mol. The summed E-state index contributed by atoms with van der Waals surface area (Å²) in [4.78, 5) is 14.2. The molecule has 0 spiro atoms. The Balaban J connectivity index is 1.92. The molecular weight excluding hydrogens is 326 g/mol. The van der Waals surface area contributed by atoms with Crippen LogP contribution < -0.4 is 5.32 Å². The first-order valence-electron chi connectivity index (χ1n) is 8.02. The molecule has 0 bridgehead atoms. The summed E-state index contributed by atoms with van der Waals surface area (Å²) in [6, 6.07) is 9.27. The normalized spacial score (nSPS) is 19.4.